The number of ether oxygens (including phenoxy) is 2. The number of aromatic nitrogens is 5. The summed E-state index contributed by atoms with van der Waals surface area (Å²) < 4.78 is 10.2. The van der Waals surface area contributed by atoms with Gasteiger partial charge in [-0.3, -0.25) is 4.79 Å². The number of benzene rings is 2. The van der Waals surface area contributed by atoms with Crippen LogP contribution < -0.4 is 10.1 Å². The molecule has 0 saturated heterocycles. The number of carbonyl (C=O) groups is 2. The largest absolute Gasteiger partial charge is 0.507 e. The Kier molecular flexibility index (Phi) is 6.72. The highest BCUT2D eigenvalue weighted by molar-refractivity contribution is 5.99. The number of fused-ring (bicyclic) bond motifs is 1. The number of phenolic OH excluding ortho intramolecular Hbond substituents is 1. The Hall–Kier alpha value is -5.19. The molecule has 1 amide bonds. The first kappa shape index (κ1) is 24.5. The van der Waals surface area contributed by atoms with Crippen molar-refractivity contribution in [2.75, 3.05) is 14.2 Å². The van der Waals surface area contributed by atoms with Gasteiger partial charge in [-0.15, -0.1) is 0 Å². The van der Waals surface area contributed by atoms with Crippen molar-refractivity contribution >= 4 is 22.9 Å². The minimum Gasteiger partial charge on any atom is -0.507 e. The fourth-order valence-electron chi connectivity index (χ4n) is 4.14. The van der Waals surface area contributed by atoms with Crippen LogP contribution in [0.5, 0.6) is 11.6 Å². The van der Waals surface area contributed by atoms with E-state index in [0.29, 0.717) is 39.6 Å². The maximum atomic E-state index is 13.0. The normalized spacial score (nSPS) is 11.7. The molecule has 0 radical (unpaired) electrons. The number of H-pyrrole nitrogens is 2. The van der Waals surface area contributed by atoms with Crippen LogP contribution in [0.25, 0.3) is 33.5 Å². The minimum atomic E-state index is -0.898. The monoisotopic (exact) mass is 512 g/mol. The van der Waals surface area contributed by atoms with Gasteiger partial charge in [-0.2, -0.15) is 0 Å². The van der Waals surface area contributed by atoms with E-state index in [1.54, 1.807) is 62.0 Å². The average molecular weight is 513 g/mol. The van der Waals surface area contributed by atoms with Gasteiger partial charge in [-0.05, 0) is 48.0 Å². The van der Waals surface area contributed by atoms with Crippen molar-refractivity contribution in [3.05, 3.63) is 78.5 Å². The lowest BCUT2D eigenvalue weighted by molar-refractivity contribution is -0.142. The van der Waals surface area contributed by atoms with Crippen molar-refractivity contribution in [1.82, 2.24) is 30.2 Å². The van der Waals surface area contributed by atoms with Crippen molar-refractivity contribution in [3.8, 4) is 34.1 Å². The van der Waals surface area contributed by atoms with E-state index < -0.39 is 17.9 Å². The molecule has 0 bridgehead atoms. The van der Waals surface area contributed by atoms with Gasteiger partial charge in [0, 0.05) is 35.6 Å². The van der Waals surface area contributed by atoms with Crippen LogP contribution in [0.2, 0.25) is 0 Å². The first-order chi connectivity index (χ1) is 18.5. The zero-order valence-electron chi connectivity index (χ0n) is 20.6. The average Bonchev–Trinajstić information content (AvgIpc) is 3.62. The van der Waals surface area contributed by atoms with E-state index in [9.17, 15) is 14.7 Å². The van der Waals surface area contributed by atoms with E-state index in [4.69, 9.17) is 9.47 Å². The van der Waals surface area contributed by atoms with Gasteiger partial charge < -0.3 is 29.9 Å². The molecule has 3 aromatic heterocycles. The third-order valence-electron chi connectivity index (χ3n) is 6.04. The Balaban J connectivity index is 1.43. The number of methoxy groups -OCH3 is 2. The summed E-state index contributed by atoms with van der Waals surface area (Å²) in [6, 6.07) is 12.9. The number of nitrogens with zero attached hydrogens (tertiary/aromatic N) is 3. The summed E-state index contributed by atoms with van der Waals surface area (Å²) in [6.45, 7) is 0. The number of phenols is 1. The molecule has 3 heterocycles. The van der Waals surface area contributed by atoms with E-state index in [1.165, 1.54) is 13.4 Å². The summed E-state index contributed by atoms with van der Waals surface area (Å²) >= 11 is 0. The van der Waals surface area contributed by atoms with Gasteiger partial charge in [-0.25, -0.2) is 19.7 Å². The molecule has 0 aliphatic heterocycles. The number of hydrogen-bond donors (Lipinski definition) is 4. The molecular weight excluding hydrogens is 488 g/mol. The van der Waals surface area contributed by atoms with Crippen molar-refractivity contribution < 1.29 is 24.2 Å². The third kappa shape index (κ3) is 4.89. The zero-order valence-corrected chi connectivity index (χ0v) is 20.6. The predicted molar refractivity (Wildman–Crippen MR) is 139 cm³/mol. The standard InChI is InChI=1S/C27H24N6O5/c1-37-26-18(4-3-9-29-26)15-6-8-23(34)19(10-15)24-31-20-7-5-16(11-21(20)32-24)25(35)33-22(27(36)38-2)12-17-13-28-14-30-17/h3-11,13-14,22,34H,12H2,1-2H3,(H,28,30)(H,31,32)(H,33,35)/t22-/m1/s1. The lowest BCUT2D eigenvalue weighted by Gasteiger charge is -2.15. The first-order valence-electron chi connectivity index (χ1n) is 11.6. The summed E-state index contributed by atoms with van der Waals surface area (Å²) in [6.07, 6.45) is 4.92. The highest BCUT2D eigenvalue weighted by Gasteiger charge is 2.24. The van der Waals surface area contributed by atoms with E-state index in [1.807, 2.05) is 6.07 Å². The predicted octanol–water partition coefficient (Wildman–Crippen LogP) is 3.24. The molecule has 0 spiro atoms. The van der Waals surface area contributed by atoms with E-state index in [-0.39, 0.29) is 12.2 Å². The Morgan fingerprint density at radius 3 is 2.74 bits per heavy atom. The molecule has 11 heteroatoms. The molecule has 0 unspecified atom stereocenters. The number of amides is 1. The third-order valence-corrected chi connectivity index (χ3v) is 6.04. The lowest BCUT2D eigenvalue weighted by Crippen LogP contribution is -2.43. The Morgan fingerprint density at radius 1 is 1.11 bits per heavy atom. The number of hydrogen-bond acceptors (Lipinski definition) is 8. The van der Waals surface area contributed by atoms with Gasteiger partial charge in [-0.1, -0.05) is 6.07 Å². The molecule has 0 saturated carbocycles. The maximum absolute atomic E-state index is 13.0. The van der Waals surface area contributed by atoms with Crippen LogP contribution in [-0.4, -0.2) is 62.2 Å². The lowest BCUT2D eigenvalue weighted by atomic mass is 10.0. The highest BCUT2D eigenvalue weighted by Crippen LogP contribution is 2.35. The zero-order chi connectivity index (χ0) is 26.6. The number of nitrogens with one attached hydrogen (secondary N) is 3. The Morgan fingerprint density at radius 2 is 1.97 bits per heavy atom. The second-order valence-electron chi connectivity index (χ2n) is 8.44. The molecule has 5 aromatic rings. The van der Waals surface area contributed by atoms with Crippen molar-refractivity contribution in [2.24, 2.45) is 0 Å². The summed E-state index contributed by atoms with van der Waals surface area (Å²) in [5.41, 5.74) is 4.21. The highest BCUT2D eigenvalue weighted by atomic mass is 16.5. The van der Waals surface area contributed by atoms with Crippen molar-refractivity contribution in [3.63, 3.8) is 0 Å². The Bertz CT molecular complexity index is 1610. The number of aromatic hydroxyl groups is 1. The second-order valence-corrected chi connectivity index (χ2v) is 8.44. The number of pyridine rings is 1. The van der Waals surface area contributed by atoms with Crippen LogP contribution >= 0.6 is 0 Å². The quantitative estimate of drug-likeness (QED) is 0.231. The van der Waals surface area contributed by atoms with Crippen molar-refractivity contribution in [1.29, 1.82) is 0 Å². The minimum absolute atomic E-state index is 0.0355. The number of rotatable bonds is 8. The smallest absolute Gasteiger partial charge is 0.328 e. The summed E-state index contributed by atoms with van der Waals surface area (Å²) in [7, 11) is 2.81. The summed E-state index contributed by atoms with van der Waals surface area (Å²) in [5.74, 6) is -0.105. The Labute approximate surface area is 216 Å². The molecule has 4 N–H and O–H groups in total. The molecule has 38 heavy (non-hydrogen) atoms. The van der Waals surface area contributed by atoms with Gasteiger partial charge in [0.15, 0.2) is 0 Å². The van der Waals surface area contributed by atoms with Gasteiger partial charge >= 0.3 is 5.97 Å². The number of carbonyl (C=O) groups excluding carboxylic acids is 2. The fourth-order valence-corrected chi connectivity index (χ4v) is 4.14. The molecule has 5 rings (SSSR count). The van der Waals surface area contributed by atoms with Gasteiger partial charge in [0.1, 0.15) is 17.6 Å². The second kappa shape index (κ2) is 10.4. The van der Waals surface area contributed by atoms with Gasteiger partial charge in [0.25, 0.3) is 5.91 Å². The molecule has 0 aliphatic carbocycles. The molecule has 1 atom stereocenters. The first-order valence-corrected chi connectivity index (χ1v) is 11.6. The molecule has 0 aliphatic rings. The molecule has 2 aromatic carbocycles. The van der Waals surface area contributed by atoms with E-state index in [0.717, 1.165) is 11.1 Å². The SMILES string of the molecule is COC(=O)[C@@H](Cc1cnc[nH]1)NC(=O)c1ccc2nc(-c3cc(-c4cccnc4OC)ccc3O)[nH]c2c1. The van der Waals surface area contributed by atoms with Crippen LogP contribution in [0.1, 0.15) is 16.1 Å². The van der Waals surface area contributed by atoms with Crippen LogP contribution in [0.3, 0.4) is 0 Å². The van der Waals surface area contributed by atoms with Crippen molar-refractivity contribution in [2.45, 2.75) is 12.5 Å². The number of esters is 1. The van der Waals surface area contributed by atoms with Crippen LogP contribution in [0.4, 0.5) is 0 Å². The van der Waals surface area contributed by atoms with Gasteiger partial charge in [0.2, 0.25) is 5.88 Å². The maximum Gasteiger partial charge on any atom is 0.328 e. The van der Waals surface area contributed by atoms with Crippen LogP contribution in [-0.2, 0) is 16.0 Å². The van der Waals surface area contributed by atoms with E-state index in [2.05, 4.69) is 30.2 Å². The van der Waals surface area contributed by atoms with Gasteiger partial charge in [0.05, 0.1) is 37.1 Å². The number of aromatic amines is 2. The molecule has 11 nitrogen and oxygen atoms in total. The fraction of sp³-hybridized carbons (Fsp3) is 0.148. The molecule has 192 valence electrons. The topological polar surface area (TPSA) is 155 Å². The summed E-state index contributed by atoms with van der Waals surface area (Å²) in [5, 5.41) is 13.3. The number of imidazole rings is 2. The molecule has 0 fully saturated rings. The van der Waals surface area contributed by atoms with E-state index >= 15 is 0 Å². The van der Waals surface area contributed by atoms with Crippen LogP contribution in [0, 0.1) is 0 Å². The summed E-state index contributed by atoms with van der Waals surface area (Å²) in [4.78, 5) is 44.1. The molecular formula is C27H24N6O5. The van der Waals surface area contributed by atoms with Crippen LogP contribution in [0.15, 0.2) is 67.3 Å².